The summed E-state index contributed by atoms with van der Waals surface area (Å²) in [5.41, 5.74) is 0.946. The lowest BCUT2D eigenvalue weighted by Crippen LogP contribution is -2.48. The molecule has 0 saturated carbocycles. The van der Waals surface area contributed by atoms with Crippen LogP contribution in [0.1, 0.15) is 19.7 Å². The molecule has 0 amide bonds. The van der Waals surface area contributed by atoms with Gasteiger partial charge in [-0.1, -0.05) is 30.7 Å². The van der Waals surface area contributed by atoms with Crippen molar-refractivity contribution in [2.45, 2.75) is 31.7 Å². The molecule has 160 valence electrons. The van der Waals surface area contributed by atoms with Crippen LogP contribution in [0.5, 0.6) is 0 Å². The summed E-state index contributed by atoms with van der Waals surface area (Å²) in [6, 6.07) is 9.01. The van der Waals surface area contributed by atoms with Gasteiger partial charge in [0, 0.05) is 45.3 Å². The SMILES string of the molecule is CCc1nn(CC)c(=O)c2cc(S(=O)(=O)N3CCN(c4ccccc4Cl)CC3)cn12. The summed E-state index contributed by atoms with van der Waals surface area (Å²) in [6.45, 7) is 5.97. The Kier molecular flexibility index (Phi) is 5.61. The van der Waals surface area contributed by atoms with E-state index in [1.807, 2.05) is 38.1 Å². The van der Waals surface area contributed by atoms with Crippen molar-refractivity contribution < 1.29 is 8.42 Å². The van der Waals surface area contributed by atoms with Gasteiger partial charge >= 0.3 is 0 Å². The van der Waals surface area contributed by atoms with Gasteiger partial charge in [-0.15, -0.1) is 0 Å². The molecule has 10 heteroatoms. The summed E-state index contributed by atoms with van der Waals surface area (Å²) in [5, 5.41) is 4.99. The topological polar surface area (TPSA) is 79.9 Å². The van der Waals surface area contributed by atoms with Crippen LogP contribution in [-0.4, -0.2) is 53.1 Å². The Morgan fingerprint density at radius 3 is 2.43 bits per heavy atom. The van der Waals surface area contributed by atoms with E-state index in [0.29, 0.717) is 55.5 Å². The van der Waals surface area contributed by atoms with Crippen molar-refractivity contribution in [1.29, 1.82) is 0 Å². The molecule has 1 aliphatic heterocycles. The zero-order valence-corrected chi connectivity index (χ0v) is 18.5. The number of aryl methyl sites for hydroxylation is 2. The largest absolute Gasteiger partial charge is 0.368 e. The van der Waals surface area contributed by atoms with Crippen molar-refractivity contribution in [2.24, 2.45) is 0 Å². The number of hydrogen-bond acceptors (Lipinski definition) is 5. The van der Waals surface area contributed by atoms with Crippen LogP contribution in [0.4, 0.5) is 5.69 Å². The molecule has 3 aromatic rings. The third kappa shape index (κ3) is 3.51. The van der Waals surface area contributed by atoms with E-state index >= 15 is 0 Å². The molecule has 8 nitrogen and oxygen atoms in total. The maximum absolute atomic E-state index is 13.3. The van der Waals surface area contributed by atoms with Crippen LogP contribution in [0, 0.1) is 0 Å². The average Bonchev–Trinajstić information content (AvgIpc) is 3.22. The zero-order chi connectivity index (χ0) is 21.5. The Balaban J connectivity index is 1.63. The molecule has 1 aliphatic rings. The number of sulfonamides is 1. The first kappa shape index (κ1) is 20.9. The molecule has 0 N–H and O–H groups in total. The second kappa shape index (κ2) is 8.05. The maximum atomic E-state index is 13.3. The predicted octanol–water partition coefficient (Wildman–Crippen LogP) is 2.24. The number of aromatic nitrogens is 3. The Bertz CT molecular complexity index is 1240. The molecule has 0 unspecified atom stereocenters. The third-order valence-electron chi connectivity index (χ3n) is 5.45. The highest BCUT2D eigenvalue weighted by Gasteiger charge is 2.30. The zero-order valence-electron chi connectivity index (χ0n) is 17.0. The Morgan fingerprint density at radius 2 is 1.80 bits per heavy atom. The lowest BCUT2D eigenvalue weighted by Gasteiger charge is -2.35. The van der Waals surface area contributed by atoms with Gasteiger partial charge in [-0.25, -0.2) is 13.1 Å². The number of nitrogens with zero attached hydrogens (tertiary/aromatic N) is 5. The lowest BCUT2D eigenvalue weighted by molar-refractivity contribution is 0.385. The predicted molar refractivity (Wildman–Crippen MR) is 117 cm³/mol. The van der Waals surface area contributed by atoms with Crippen LogP contribution in [-0.2, 0) is 23.0 Å². The number of rotatable bonds is 5. The normalized spacial score (nSPS) is 15.8. The Hall–Kier alpha value is -2.36. The first-order valence-electron chi connectivity index (χ1n) is 9.98. The fourth-order valence-electron chi connectivity index (χ4n) is 3.80. The molecule has 2 aromatic heterocycles. The number of halogens is 1. The van der Waals surface area contributed by atoms with Gasteiger partial charge in [-0.3, -0.25) is 9.20 Å². The van der Waals surface area contributed by atoms with Crippen LogP contribution in [0.3, 0.4) is 0 Å². The molecule has 0 radical (unpaired) electrons. The number of para-hydroxylation sites is 1. The molecule has 4 rings (SSSR count). The molecular weight excluding hydrogens is 426 g/mol. The summed E-state index contributed by atoms with van der Waals surface area (Å²) in [5.74, 6) is 0.649. The first-order valence-corrected chi connectivity index (χ1v) is 11.8. The Labute approximate surface area is 180 Å². The fraction of sp³-hybridized carbons (Fsp3) is 0.400. The second-order valence-electron chi connectivity index (χ2n) is 7.16. The van der Waals surface area contributed by atoms with Gasteiger partial charge in [0.1, 0.15) is 16.2 Å². The first-order chi connectivity index (χ1) is 14.4. The van der Waals surface area contributed by atoms with E-state index in [4.69, 9.17) is 11.6 Å². The molecule has 0 spiro atoms. The lowest BCUT2D eigenvalue weighted by atomic mass is 10.2. The van der Waals surface area contributed by atoms with E-state index in [-0.39, 0.29) is 10.5 Å². The van der Waals surface area contributed by atoms with E-state index in [2.05, 4.69) is 10.00 Å². The van der Waals surface area contributed by atoms with E-state index in [0.717, 1.165) is 5.69 Å². The van der Waals surface area contributed by atoms with Crippen molar-refractivity contribution in [3.05, 3.63) is 57.7 Å². The standard InChI is InChI=1S/C20H24ClN5O3S/c1-3-19-22-26(4-2)20(27)18-13-15(14-25(18)19)30(28,29)24-11-9-23(10-12-24)17-8-6-5-7-16(17)21/h5-8,13-14H,3-4,9-12H2,1-2H3. The van der Waals surface area contributed by atoms with Gasteiger partial charge in [0.15, 0.2) is 0 Å². The number of benzene rings is 1. The van der Waals surface area contributed by atoms with Crippen molar-refractivity contribution in [3.63, 3.8) is 0 Å². The highest BCUT2D eigenvalue weighted by Crippen LogP contribution is 2.27. The molecule has 30 heavy (non-hydrogen) atoms. The van der Waals surface area contributed by atoms with Gasteiger partial charge in [0.25, 0.3) is 5.56 Å². The van der Waals surface area contributed by atoms with Gasteiger partial charge < -0.3 is 4.90 Å². The van der Waals surface area contributed by atoms with Crippen LogP contribution in [0.15, 0.2) is 46.2 Å². The highest BCUT2D eigenvalue weighted by molar-refractivity contribution is 7.89. The summed E-state index contributed by atoms with van der Waals surface area (Å²) in [7, 11) is -3.72. The van der Waals surface area contributed by atoms with Crippen LogP contribution < -0.4 is 10.5 Å². The van der Waals surface area contributed by atoms with E-state index in [1.165, 1.54) is 21.3 Å². The summed E-state index contributed by atoms with van der Waals surface area (Å²) in [4.78, 5) is 14.8. The number of piperazine rings is 1. The number of anilines is 1. The monoisotopic (exact) mass is 449 g/mol. The Morgan fingerprint density at radius 1 is 1.10 bits per heavy atom. The van der Waals surface area contributed by atoms with Crippen molar-refractivity contribution in [1.82, 2.24) is 18.5 Å². The third-order valence-corrected chi connectivity index (χ3v) is 7.63. The van der Waals surface area contributed by atoms with Gasteiger partial charge in [0.05, 0.1) is 10.7 Å². The van der Waals surface area contributed by atoms with E-state index in [1.54, 1.807) is 4.40 Å². The minimum atomic E-state index is -3.72. The maximum Gasteiger partial charge on any atom is 0.291 e. The molecule has 3 heterocycles. The van der Waals surface area contributed by atoms with Crippen LogP contribution in [0.2, 0.25) is 5.02 Å². The fourth-order valence-corrected chi connectivity index (χ4v) is 5.50. The van der Waals surface area contributed by atoms with Crippen molar-refractivity contribution in [2.75, 3.05) is 31.1 Å². The minimum Gasteiger partial charge on any atom is -0.368 e. The molecule has 0 aliphatic carbocycles. The van der Waals surface area contributed by atoms with E-state index < -0.39 is 10.0 Å². The van der Waals surface area contributed by atoms with E-state index in [9.17, 15) is 13.2 Å². The van der Waals surface area contributed by atoms with Crippen LogP contribution in [0.25, 0.3) is 5.52 Å². The highest BCUT2D eigenvalue weighted by atomic mass is 35.5. The molecule has 1 aromatic carbocycles. The molecule has 1 fully saturated rings. The average molecular weight is 450 g/mol. The molecule has 1 saturated heterocycles. The molecular formula is C20H24ClN5O3S. The number of fused-ring (bicyclic) bond motifs is 1. The smallest absolute Gasteiger partial charge is 0.291 e. The van der Waals surface area contributed by atoms with Gasteiger partial charge in [-0.05, 0) is 25.1 Å². The quantitative estimate of drug-likeness (QED) is 0.596. The summed E-state index contributed by atoms with van der Waals surface area (Å²) < 4.78 is 31.0. The van der Waals surface area contributed by atoms with Gasteiger partial charge in [-0.2, -0.15) is 9.40 Å². The molecule has 0 bridgehead atoms. The summed E-state index contributed by atoms with van der Waals surface area (Å²) >= 11 is 6.28. The number of hydrogen-bond donors (Lipinski definition) is 0. The van der Waals surface area contributed by atoms with Gasteiger partial charge in [0.2, 0.25) is 10.0 Å². The van der Waals surface area contributed by atoms with Crippen molar-refractivity contribution in [3.8, 4) is 0 Å². The molecule has 0 atom stereocenters. The summed E-state index contributed by atoms with van der Waals surface area (Å²) in [6.07, 6.45) is 2.10. The van der Waals surface area contributed by atoms with Crippen LogP contribution >= 0.6 is 11.6 Å². The minimum absolute atomic E-state index is 0.121. The second-order valence-corrected chi connectivity index (χ2v) is 9.51. The van der Waals surface area contributed by atoms with Crippen molar-refractivity contribution >= 4 is 32.8 Å².